The first-order valence-corrected chi connectivity index (χ1v) is 5.45. The number of carbonyl (C=O) groups excluding carboxylic acids is 2. The predicted octanol–water partition coefficient (Wildman–Crippen LogP) is 2.15. The number of ketones is 1. The van der Waals surface area contributed by atoms with Crippen LogP contribution in [0.2, 0.25) is 0 Å². The van der Waals surface area contributed by atoms with Gasteiger partial charge in [0, 0.05) is 5.56 Å². The van der Waals surface area contributed by atoms with E-state index in [-0.39, 0.29) is 11.4 Å². The number of hydrogen-bond acceptors (Lipinski definition) is 4. The minimum atomic E-state index is -0.648. The third-order valence-corrected chi connectivity index (χ3v) is 2.47. The van der Waals surface area contributed by atoms with Gasteiger partial charge in [0.15, 0.2) is 5.78 Å². The summed E-state index contributed by atoms with van der Waals surface area (Å²) < 4.78 is 9.79. The fourth-order valence-corrected chi connectivity index (χ4v) is 1.51. The van der Waals surface area contributed by atoms with Crippen LogP contribution in [0.25, 0.3) is 6.08 Å². The van der Waals surface area contributed by atoms with E-state index in [2.05, 4.69) is 4.74 Å². The van der Waals surface area contributed by atoms with E-state index in [1.54, 1.807) is 6.07 Å². The molecule has 0 saturated carbocycles. The van der Waals surface area contributed by atoms with Crippen LogP contribution in [-0.2, 0) is 14.3 Å². The van der Waals surface area contributed by atoms with Crippen molar-refractivity contribution in [3.05, 3.63) is 34.9 Å². The van der Waals surface area contributed by atoms with Crippen molar-refractivity contribution in [1.29, 1.82) is 0 Å². The molecule has 1 aromatic rings. The fraction of sp³-hybridized carbons (Fsp3) is 0.286. The lowest BCUT2D eigenvalue weighted by atomic mass is 10.1. The Bertz CT molecular complexity index is 501. The van der Waals surface area contributed by atoms with Crippen LogP contribution in [0.5, 0.6) is 5.75 Å². The molecular formula is C14H16O4. The smallest absolute Gasteiger partial charge is 0.341 e. The molecule has 0 radical (unpaired) electrons. The van der Waals surface area contributed by atoms with Crippen LogP contribution in [-0.4, -0.2) is 26.0 Å². The van der Waals surface area contributed by atoms with E-state index < -0.39 is 5.97 Å². The van der Waals surface area contributed by atoms with E-state index in [4.69, 9.17) is 4.74 Å². The first-order valence-electron chi connectivity index (χ1n) is 5.45. The summed E-state index contributed by atoms with van der Waals surface area (Å²) in [6.45, 7) is 3.26. The summed E-state index contributed by atoms with van der Waals surface area (Å²) in [6, 6.07) is 5.50. The largest absolute Gasteiger partial charge is 0.496 e. The maximum absolute atomic E-state index is 11.5. The number of hydrogen-bond donors (Lipinski definition) is 0. The second kappa shape index (κ2) is 6.00. The van der Waals surface area contributed by atoms with Crippen molar-refractivity contribution < 1.29 is 19.1 Å². The van der Waals surface area contributed by atoms with Gasteiger partial charge in [-0.1, -0.05) is 12.1 Å². The monoisotopic (exact) mass is 248 g/mol. The van der Waals surface area contributed by atoms with Crippen molar-refractivity contribution in [2.75, 3.05) is 14.2 Å². The molecule has 0 saturated heterocycles. The first kappa shape index (κ1) is 14.0. The van der Waals surface area contributed by atoms with Crippen LogP contribution >= 0.6 is 0 Å². The van der Waals surface area contributed by atoms with Crippen molar-refractivity contribution in [2.45, 2.75) is 13.8 Å². The maximum atomic E-state index is 11.5. The van der Waals surface area contributed by atoms with E-state index in [9.17, 15) is 9.59 Å². The van der Waals surface area contributed by atoms with Crippen LogP contribution in [0, 0.1) is 6.92 Å². The topological polar surface area (TPSA) is 52.6 Å². The zero-order valence-electron chi connectivity index (χ0n) is 10.9. The van der Waals surface area contributed by atoms with E-state index in [1.807, 2.05) is 19.1 Å². The van der Waals surface area contributed by atoms with Gasteiger partial charge in [-0.05, 0) is 31.6 Å². The standard InChI is InChI=1S/C14H16O4/c1-9-5-6-11(13(7-9)17-3)8-12(10(2)15)14(16)18-4/h5-8H,1-4H3/b12-8-. The van der Waals surface area contributed by atoms with Gasteiger partial charge in [-0.2, -0.15) is 0 Å². The molecule has 96 valence electrons. The summed E-state index contributed by atoms with van der Waals surface area (Å²) in [5.41, 5.74) is 1.70. The SMILES string of the molecule is COC(=O)/C(=C\c1ccc(C)cc1OC)C(C)=O. The quantitative estimate of drug-likeness (QED) is 0.354. The molecule has 0 fully saturated rings. The number of aryl methyl sites for hydroxylation is 1. The van der Waals surface area contributed by atoms with E-state index in [0.29, 0.717) is 11.3 Å². The normalized spacial score (nSPS) is 11.0. The van der Waals surface area contributed by atoms with Gasteiger partial charge in [0.1, 0.15) is 11.3 Å². The molecule has 0 unspecified atom stereocenters. The number of rotatable bonds is 4. The lowest BCUT2D eigenvalue weighted by molar-refractivity contribution is -0.137. The van der Waals surface area contributed by atoms with Crippen LogP contribution in [0.4, 0.5) is 0 Å². The molecule has 18 heavy (non-hydrogen) atoms. The van der Waals surface area contributed by atoms with Crippen LogP contribution in [0.1, 0.15) is 18.1 Å². The Balaban J connectivity index is 3.28. The third-order valence-electron chi connectivity index (χ3n) is 2.47. The minimum absolute atomic E-state index is 0.000321. The molecule has 4 nitrogen and oxygen atoms in total. The molecule has 1 rings (SSSR count). The number of Topliss-reactive ketones (excluding diaryl/α,β-unsaturated/α-hetero) is 1. The minimum Gasteiger partial charge on any atom is -0.496 e. The molecule has 0 N–H and O–H groups in total. The Morgan fingerprint density at radius 1 is 1.22 bits per heavy atom. The molecular weight excluding hydrogens is 232 g/mol. The van der Waals surface area contributed by atoms with Gasteiger partial charge < -0.3 is 9.47 Å². The average Bonchev–Trinajstić information content (AvgIpc) is 2.35. The van der Waals surface area contributed by atoms with Gasteiger partial charge >= 0.3 is 5.97 Å². The summed E-state index contributed by atoms with van der Waals surface area (Å²) in [5, 5.41) is 0. The number of benzene rings is 1. The lowest BCUT2D eigenvalue weighted by Gasteiger charge is -2.07. The van der Waals surface area contributed by atoms with Crippen molar-refractivity contribution in [2.24, 2.45) is 0 Å². The average molecular weight is 248 g/mol. The third kappa shape index (κ3) is 3.20. The van der Waals surface area contributed by atoms with Crippen molar-refractivity contribution in [3.63, 3.8) is 0 Å². The summed E-state index contributed by atoms with van der Waals surface area (Å²) >= 11 is 0. The highest BCUT2D eigenvalue weighted by Crippen LogP contribution is 2.23. The molecule has 0 aliphatic rings. The number of ether oxygens (including phenoxy) is 2. The number of esters is 1. The van der Waals surface area contributed by atoms with Gasteiger partial charge in [0.05, 0.1) is 14.2 Å². The van der Waals surface area contributed by atoms with Gasteiger partial charge in [-0.15, -0.1) is 0 Å². The lowest BCUT2D eigenvalue weighted by Crippen LogP contribution is -2.11. The van der Waals surface area contributed by atoms with Crippen molar-refractivity contribution in [1.82, 2.24) is 0 Å². The molecule has 0 atom stereocenters. The highest BCUT2D eigenvalue weighted by atomic mass is 16.5. The van der Waals surface area contributed by atoms with E-state index in [1.165, 1.54) is 27.2 Å². The molecule has 0 aromatic heterocycles. The summed E-state index contributed by atoms with van der Waals surface area (Å²) in [4.78, 5) is 22.9. The summed E-state index contributed by atoms with van der Waals surface area (Å²) in [7, 11) is 2.78. The molecule has 0 heterocycles. The van der Waals surface area contributed by atoms with E-state index >= 15 is 0 Å². The maximum Gasteiger partial charge on any atom is 0.341 e. The Morgan fingerprint density at radius 2 is 1.89 bits per heavy atom. The van der Waals surface area contributed by atoms with Crippen LogP contribution < -0.4 is 4.74 Å². The van der Waals surface area contributed by atoms with Crippen LogP contribution in [0.3, 0.4) is 0 Å². The molecule has 0 aliphatic heterocycles. The summed E-state index contributed by atoms with van der Waals surface area (Å²) in [6.07, 6.45) is 1.48. The summed E-state index contributed by atoms with van der Waals surface area (Å²) in [5.74, 6) is -0.382. The van der Waals surface area contributed by atoms with Crippen molar-refractivity contribution >= 4 is 17.8 Å². The molecule has 0 amide bonds. The Hall–Kier alpha value is -2.10. The molecule has 0 bridgehead atoms. The second-order valence-corrected chi connectivity index (χ2v) is 3.85. The fourth-order valence-electron chi connectivity index (χ4n) is 1.51. The Labute approximate surface area is 106 Å². The molecule has 0 aliphatic carbocycles. The van der Waals surface area contributed by atoms with Gasteiger partial charge in [-0.25, -0.2) is 4.79 Å². The van der Waals surface area contributed by atoms with Gasteiger partial charge in [-0.3, -0.25) is 4.79 Å². The van der Waals surface area contributed by atoms with Gasteiger partial charge in [0.25, 0.3) is 0 Å². The second-order valence-electron chi connectivity index (χ2n) is 3.85. The first-order chi connectivity index (χ1) is 8.49. The van der Waals surface area contributed by atoms with Crippen molar-refractivity contribution in [3.8, 4) is 5.75 Å². The van der Waals surface area contributed by atoms with Gasteiger partial charge in [0.2, 0.25) is 0 Å². The molecule has 1 aromatic carbocycles. The number of methoxy groups -OCH3 is 2. The predicted molar refractivity (Wildman–Crippen MR) is 68.4 cm³/mol. The highest BCUT2D eigenvalue weighted by Gasteiger charge is 2.15. The van der Waals surface area contributed by atoms with Crippen LogP contribution in [0.15, 0.2) is 23.8 Å². The number of carbonyl (C=O) groups is 2. The van der Waals surface area contributed by atoms with E-state index in [0.717, 1.165) is 5.56 Å². The Kier molecular flexibility index (Phi) is 4.66. The highest BCUT2D eigenvalue weighted by molar-refractivity contribution is 6.19. The zero-order chi connectivity index (χ0) is 13.7. The zero-order valence-corrected chi connectivity index (χ0v) is 10.9. The molecule has 4 heteroatoms. The molecule has 0 spiro atoms. The Morgan fingerprint density at radius 3 is 2.39 bits per heavy atom.